The molecule has 0 aliphatic rings. The molecule has 0 aliphatic heterocycles. The molecule has 1 aromatic carbocycles. The zero-order chi connectivity index (χ0) is 16.0. The van der Waals surface area contributed by atoms with Crippen molar-refractivity contribution in [2.75, 3.05) is 37.7 Å². The van der Waals surface area contributed by atoms with Crippen molar-refractivity contribution in [2.45, 2.75) is 31.7 Å². The van der Waals surface area contributed by atoms with Gasteiger partial charge >= 0.3 is 0 Å². The molecule has 0 saturated heterocycles. The number of anilines is 2. The van der Waals surface area contributed by atoms with Crippen molar-refractivity contribution in [3.63, 3.8) is 0 Å². The zero-order valence-corrected chi connectivity index (χ0v) is 14.0. The highest BCUT2D eigenvalue weighted by Gasteiger charge is 2.14. The van der Waals surface area contributed by atoms with Crippen molar-refractivity contribution in [3.05, 3.63) is 18.2 Å². The summed E-state index contributed by atoms with van der Waals surface area (Å²) in [6, 6.07) is 4.84. The van der Waals surface area contributed by atoms with Gasteiger partial charge in [-0.05, 0) is 45.3 Å². The van der Waals surface area contributed by atoms with Gasteiger partial charge in [-0.25, -0.2) is 13.1 Å². The maximum Gasteiger partial charge on any atom is 0.240 e. The van der Waals surface area contributed by atoms with Gasteiger partial charge in [-0.2, -0.15) is 0 Å². The fourth-order valence-electron chi connectivity index (χ4n) is 2.13. The van der Waals surface area contributed by atoms with Gasteiger partial charge < -0.3 is 16.0 Å². The van der Waals surface area contributed by atoms with Crippen LogP contribution in [-0.2, 0) is 10.0 Å². The summed E-state index contributed by atoms with van der Waals surface area (Å²) in [5.74, 6) is 0. The third-order valence-electron chi connectivity index (χ3n) is 3.43. The molecule has 1 unspecified atom stereocenters. The highest BCUT2D eigenvalue weighted by atomic mass is 32.2. The Hall–Kier alpha value is -1.31. The van der Waals surface area contributed by atoms with Gasteiger partial charge in [0.05, 0.1) is 16.3 Å². The van der Waals surface area contributed by atoms with E-state index in [1.54, 1.807) is 12.1 Å². The van der Waals surface area contributed by atoms with Crippen LogP contribution in [-0.4, -0.2) is 46.0 Å². The molecule has 0 spiro atoms. The average Bonchev–Trinajstić information content (AvgIpc) is 2.46. The Morgan fingerprint density at radius 3 is 2.43 bits per heavy atom. The first-order chi connectivity index (χ1) is 9.83. The van der Waals surface area contributed by atoms with E-state index in [1.165, 1.54) is 13.1 Å². The third-order valence-corrected chi connectivity index (χ3v) is 4.84. The second kappa shape index (κ2) is 7.63. The van der Waals surface area contributed by atoms with Gasteiger partial charge in [0.25, 0.3) is 0 Å². The number of nitrogens with zero attached hydrogens (tertiary/aromatic N) is 1. The molecule has 0 fully saturated rings. The maximum atomic E-state index is 11.8. The molecule has 7 heteroatoms. The Bertz CT molecular complexity index is 556. The van der Waals surface area contributed by atoms with Crippen LogP contribution < -0.4 is 15.8 Å². The minimum absolute atomic E-state index is 0.166. The van der Waals surface area contributed by atoms with Crippen LogP contribution in [0.1, 0.15) is 20.8 Å². The van der Waals surface area contributed by atoms with Crippen molar-refractivity contribution in [1.82, 2.24) is 9.62 Å². The van der Waals surface area contributed by atoms with E-state index in [9.17, 15) is 8.42 Å². The van der Waals surface area contributed by atoms with Gasteiger partial charge in [-0.15, -0.1) is 0 Å². The zero-order valence-electron chi connectivity index (χ0n) is 13.2. The van der Waals surface area contributed by atoms with E-state index >= 15 is 0 Å². The van der Waals surface area contributed by atoms with Crippen LogP contribution in [0.4, 0.5) is 11.4 Å². The lowest BCUT2D eigenvalue weighted by Gasteiger charge is -2.24. The molecule has 1 rings (SSSR count). The molecule has 6 nitrogen and oxygen atoms in total. The number of rotatable bonds is 8. The van der Waals surface area contributed by atoms with Gasteiger partial charge in [0, 0.05) is 12.6 Å². The maximum absolute atomic E-state index is 11.8. The van der Waals surface area contributed by atoms with E-state index in [1.807, 2.05) is 0 Å². The lowest BCUT2D eigenvalue weighted by molar-refractivity contribution is 0.295. The smallest absolute Gasteiger partial charge is 0.240 e. The number of nitrogens with one attached hydrogen (secondary N) is 2. The van der Waals surface area contributed by atoms with Crippen molar-refractivity contribution >= 4 is 21.4 Å². The molecular formula is C14H26N4O2S. The van der Waals surface area contributed by atoms with E-state index in [2.05, 4.69) is 35.7 Å². The predicted molar refractivity (Wildman–Crippen MR) is 88.0 cm³/mol. The van der Waals surface area contributed by atoms with Crippen LogP contribution in [0.15, 0.2) is 23.1 Å². The van der Waals surface area contributed by atoms with Crippen molar-refractivity contribution in [2.24, 2.45) is 0 Å². The highest BCUT2D eigenvalue weighted by Crippen LogP contribution is 2.23. The van der Waals surface area contributed by atoms with Crippen molar-refractivity contribution in [3.8, 4) is 0 Å². The average molecular weight is 314 g/mol. The minimum atomic E-state index is -3.46. The lowest BCUT2D eigenvalue weighted by atomic mass is 10.2. The Balaban J connectivity index is 2.90. The molecule has 0 radical (unpaired) electrons. The largest absolute Gasteiger partial charge is 0.397 e. The molecule has 0 bridgehead atoms. The fraction of sp³-hybridized carbons (Fsp3) is 0.571. The van der Waals surface area contributed by atoms with E-state index in [0.717, 1.165) is 19.6 Å². The fourth-order valence-corrected chi connectivity index (χ4v) is 2.88. The normalized spacial score (nSPS) is 13.4. The van der Waals surface area contributed by atoms with Gasteiger partial charge in [-0.1, -0.05) is 13.8 Å². The molecule has 120 valence electrons. The second-order valence-corrected chi connectivity index (χ2v) is 6.87. The summed E-state index contributed by atoms with van der Waals surface area (Å²) in [5, 5.41) is 3.29. The van der Waals surface area contributed by atoms with Gasteiger partial charge in [0.1, 0.15) is 0 Å². The molecule has 0 heterocycles. The lowest BCUT2D eigenvalue weighted by Crippen LogP contribution is -2.35. The SMILES string of the molecule is CCN(CC)CC(C)Nc1cc(S(=O)(=O)NC)ccc1N. The number of sulfonamides is 1. The summed E-state index contributed by atoms with van der Waals surface area (Å²) >= 11 is 0. The van der Waals surface area contributed by atoms with E-state index in [4.69, 9.17) is 5.73 Å². The van der Waals surface area contributed by atoms with E-state index in [-0.39, 0.29) is 10.9 Å². The summed E-state index contributed by atoms with van der Waals surface area (Å²) in [6.45, 7) is 9.11. The topological polar surface area (TPSA) is 87.5 Å². The monoisotopic (exact) mass is 314 g/mol. The molecule has 0 saturated carbocycles. The number of nitrogen functional groups attached to an aromatic ring is 1. The summed E-state index contributed by atoms with van der Waals surface area (Å²) < 4.78 is 26.0. The first-order valence-corrected chi connectivity index (χ1v) is 8.64. The van der Waals surface area contributed by atoms with Crippen LogP contribution in [0.25, 0.3) is 0 Å². The van der Waals surface area contributed by atoms with Crippen LogP contribution in [0, 0.1) is 0 Å². The summed E-state index contributed by atoms with van der Waals surface area (Å²) in [6.07, 6.45) is 0. The van der Waals surface area contributed by atoms with Gasteiger partial charge in [-0.3, -0.25) is 0 Å². The van der Waals surface area contributed by atoms with Gasteiger partial charge in [0.2, 0.25) is 10.0 Å². The molecule has 0 aromatic heterocycles. The number of nitrogens with two attached hydrogens (primary N) is 1. The van der Waals surface area contributed by atoms with Crippen LogP contribution in [0.2, 0.25) is 0 Å². The molecule has 4 N–H and O–H groups in total. The first kappa shape index (κ1) is 17.7. The number of likely N-dealkylation sites (N-methyl/N-ethyl adjacent to an activating group) is 1. The van der Waals surface area contributed by atoms with Crippen LogP contribution in [0.3, 0.4) is 0 Å². The number of benzene rings is 1. The molecule has 1 aromatic rings. The molecule has 0 amide bonds. The Morgan fingerprint density at radius 2 is 1.90 bits per heavy atom. The third kappa shape index (κ3) is 4.87. The first-order valence-electron chi connectivity index (χ1n) is 7.16. The Labute approximate surface area is 127 Å². The number of hydrogen-bond acceptors (Lipinski definition) is 5. The summed E-state index contributed by atoms with van der Waals surface area (Å²) in [5.41, 5.74) is 7.11. The summed E-state index contributed by atoms with van der Waals surface area (Å²) in [7, 11) is -2.07. The molecule has 0 aliphatic carbocycles. The standard InChI is InChI=1S/C14H26N4O2S/c1-5-18(6-2)10-11(3)17-14-9-12(7-8-13(14)15)21(19,20)16-4/h7-9,11,16-17H,5-6,10,15H2,1-4H3. The highest BCUT2D eigenvalue weighted by molar-refractivity contribution is 7.89. The van der Waals surface area contributed by atoms with Gasteiger partial charge in [0.15, 0.2) is 0 Å². The van der Waals surface area contributed by atoms with Crippen LogP contribution in [0.5, 0.6) is 0 Å². The van der Waals surface area contributed by atoms with E-state index < -0.39 is 10.0 Å². The second-order valence-electron chi connectivity index (χ2n) is 4.99. The molecule has 21 heavy (non-hydrogen) atoms. The summed E-state index contributed by atoms with van der Waals surface area (Å²) in [4.78, 5) is 2.50. The quantitative estimate of drug-likeness (QED) is 0.630. The molecule has 1 atom stereocenters. The van der Waals surface area contributed by atoms with Crippen molar-refractivity contribution < 1.29 is 8.42 Å². The Kier molecular flexibility index (Phi) is 6.44. The number of hydrogen-bond donors (Lipinski definition) is 3. The minimum Gasteiger partial charge on any atom is -0.397 e. The van der Waals surface area contributed by atoms with Crippen LogP contribution >= 0.6 is 0 Å². The van der Waals surface area contributed by atoms with E-state index in [0.29, 0.717) is 11.4 Å². The molecular weight excluding hydrogens is 288 g/mol. The van der Waals surface area contributed by atoms with Crippen molar-refractivity contribution in [1.29, 1.82) is 0 Å². The predicted octanol–water partition coefficient (Wildman–Crippen LogP) is 1.32. The Morgan fingerprint density at radius 1 is 1.29 bits per heavy atom.